The Morgan fingerprint density at radius 1 is 1.52 bits per heavy atom. The van der Waals surface area contributed by atoms with Gasteiger partial charge in [0.1, 0.15) is 11.6 Å². The van der Waals surface area contributed by atoms with Crippen molar-refractivity contribution in [1.29, 1.82) is 0 Å². The van der Waals surface area contributed by atoms with E-state index < -0.39 is 0 Å². The van der Waals surface area contributed by atoms with Crippen LogP contribution in [0.5, 0.6) is 0 Å². The summed E-state index contributed by atoms with van der Waals surface area (Å²) in [6.45, 7) is 2.18. The summed E-state index contributed by atoms with van der Waals surface area (Å²) >= 11 is 0. The minimum Gasteiger partial charge on any atom is -0.466 e. The minimum atomic E-state index is -0.267. The standard InChI is InChI=1S/C15H16FN3O2/c1-2-21-15(20)12-8-11(12)14-17-13(18-19-14)7-9-4-3-5-10(16)6-9/h3-6,11-12H,2,7-8H2,1H3,(H,17,18,19)/t11-,12-/m1/s1. The van der Waals surface area contributed by atoms with E-state index in [4.69, 9.17) is 4.74 Å². The first kappa shape index (κ1) is 13.7. The van der Waals surface area contributed by atoms with Crippen LogP contribution < -0.4 is 0 Å². The summed E-state index contributed by atoms with van der Waals surface area (Å²) in [6, 6.07) is 6.38. The fraction of sp³-hybridized carbons (Fsp3) is 0.400. The molecule has 6 heteroatoms. The summed E-state index contributed by atoms with van der Waals surface area (Å²) in [4.78, 5) is 16.0. The van der Waals surface area contributed by atoms with Crippen molar-refractivity contribution < 1.29 is 13.9 Å². The molecule has 1 aliphatic rings. The quantitative estimate of drug-likeness (QED) is 0.857. The van der Waals surface area contributed by atoms with Crippen molar-refractivity contribution in [3.63, 3.8) is 0 Å². The molecule has 1 N–H and O–H groups in total. The van der Waals surface area contributed by atoms with Gasteiger partial charge in [0.15, 0.2) is 5.82 Å². The van der Waals surface area contributed by atoms with Gasteiger partial charge in [-0.15, -0.1) is 0 Å². The number of H-pyrrole nitrogens is 1. The highest BCUT2D eigenvalue weighted by atomic mass is 19.1. The maximum Gasteiger partial charge on any atom is 0.309 e. The number of nitrogens with zero attached hydrogens (tertiary/aromatic N) is 2. The molecule has 1 aromatic heterocycles. The van der Waals surface area contributed by atoms with E-state index in [1.54, 1.807) is 13.0 Å². The predicted molar refractivity (Wildman–Crippen MR) is 73.1 cm³/mol. The SMILES string of the molecule is CCOC(=O)[C@@H]1C[C@H]1c1n[nH]c(Cc2cccc(F)c2)n1. The van der Waals surface area contributed by atoms with Crippen LogP contribution in [0.25, 0.3) is 0 Å². The van der Waals surface area contributed by atoms with Crippen LogP contribution in [-0.2, 0) is 16.0 Å². The number of rotatable bonds is 5. The van der Waals surface area contributed by atoms with Crippen LogP contribution in [0.1, 0.15) is 36.5 Å². The van der Waals surface area contributed by atoms with Crippen molar-refractivity contribution in [3.05, 3.63) is 47.3 Å². The molecule has 2 aromatic rings. The van der Waals surface area contributed by atoms with Crippen LogP contribution in [-0.4, -0.2) is 27.8 Å². The van der Waals surface area contributed by atoms with E-state index in [1.807, 2.05) is 6.07 Å². The third kappa shape index (κ3) is 3.09. The maximum atomic E-state index is 13.1. The lowest BCUT2D eigenvalue weighted by Crippen LogP contribution is -2.07. The molecule has 1 aliphatic carbocycles. The van der Waals surface area contributed by atoms with E-state index in [9.17, 15) is 9.18 Å². The van der Waals surface area contributed by atoms with Gasteiger partial charge in [-0.1, -0.05) is 12.1 Å². The zero-order valence-corrected chi connectivity index (χ0v) is 11.7. The van der Waals surface area contributed by atoms with E-state index in [0.717, 1.165) is 12.0 Å². The highest BCUT2D eigenvalue weighted by Crippen LogP contribution is 2.46. The number of hydrogen-bond acceptors (Lipinski definition) is 4. The van der Waals surface area contributed by atoms with E-state index in [2.05, 4.69) is 15.2 Å². The van der Waals surface area contributed by atoms with E-state index in [-0.39, 0.29) is 23.6 Å². The molecule has 21 heavy (non-hydrogen) atoms. The van der Waals surface area contributed by atoms with Crippen LogP contribution in [0.2, 0.25) is 0 Å². The van der Waals surface area contributed by atoms with Crippen molar-refractivity contribution in [2.45, 2.75) is 25.7 Å². The average Bonchev–Trinajstić information content (AvgIpc) is 3.13. The lowest BCUT2D eigenvalue weighted by atomic mass is 10.1. The number of aromatic nitrogens is 3. The van der Waals surface area contributed by atoms with E-state index >= 15 is 0 Å². The van der Waals surface area contributed by atoms with Crippen molar-refractivity contribution in [2.24, 2.45) is 5.92 Å². The second-order valence-corrected chi connectivity index (χ2v) is 5.15. The number of ether oxygens (including phenoxy) is 1. The number of benzene rings is 1. The Labute approximate surface area is 121 Å². The van der Waals surface area contributed by atoms with Gasteiger partial charge in [-0.2, -0.15) is 5.10 Å². The molecule has 1 heterocycles. The predicted octanol–water partition coefficient (Wildman–Crippen LogP) is 2.20. The van der Waals surface area contributed by atoms with Gasteiger partial charge >= 0.3 is 5.97 Å². The number of hydrogen-bond donors (Lipinski definition) is 1. The summed E-state index contributed by atoms with van der Waals surface area (Å²) in [5, 5.41) is 7.00. The first-order valence-electron chi connectivity index (χ1n) is 6.99. The van der Waals surface area contributed by atoms with Crippen molar-refractivity contribution in [2.75, 3.05) is 6.61 Å². The first-order valence-corrected chi connectivity index (χ1v) is 6.99. The van der Waals surface area contributed by atoms with Gasteiger partial charge < -0.3 is 4.74 Å². The van der Waals surface area contributed by atoms with Gasteiger partial charge in [0.25, 0.3) is 0 Å². The van der Waals surface area contributed by atoms with Gasteiger partial charge in [-0.3, -0.25) is 9.89 Å². The molecule has 110 valence electrons. The summed E-state index contributed by atoms with van der Waals surface area (Å²) in [6.07, 6.45) is 1.22. The molecule has 3 rings (SSSR count). The molecule has 0 amide bonds. The Balaban J connectivity index is 1.64. The molecule has 2 atom stereocenters. The molecule has 0 saturated heterocycles. The molecule has 1 saturated carbocycles. The number of esters is 1. The van der Waals surface area contributed by atoms with E-state index in [1.165, 1.54) is 12.1 Å². The topological polar surface area (TPSA) is 67.9 Å². The van der Waals surface area contributed by atoms with Crippen molar-refractivity contribution in [3.8, 4) is 0 Å². The molecular weight excluding hydrogens is 273 g/mol. The Kier molecular flexibility index (Phi) is 3.68. The summed E-state index contributed by atoms with van der Waals surface area (Å²) in [5.74, 6) is 0.782. The summed E-state index contributed by atoms with van der Waals surface area (Å²) in [7, 11) is 0. The van der Waals surface area contributed by atoms with Crippen LogP contribution in [0, 0.1) is 11.7 Å². The second kappa shape index (κ2) is 5.63. The van der Waals surface area contributed by atoms with Crippen molar-refractivity contribution in [1.82, 2.24) is 15.2 Å². The fourth-order valence-corrected chi connectivity index (χ4v) is 2.39. The minimum absolute atomic E-state index is 0.0431. The largest absolute Gasteiger partial charge is 0.466 e. The van der Waals surface area contributed by atoms with Gasteiger partial charge in [-0.05, 0) is 31.0 Å². The molecule has 0 spiro atoms. The molecule has 1 fully saturated rings. The van der Waals surface area contributed by atoms with Gasteiger partial charge in [0.05, 0.1) is 12.5 Å². The van der Waals surface area contributed by atoms with Gasteiger partial charge in [0.2, 0.25) is 0 Å². The zero-order chi connectivity index (χ0) is 14.8. The summed E-state index contributed by atoms with van der Waals surface area (Å²) < 4.78 is 18.1. The second-order valence-electron chi connectivity index (χ2n) is 5.15. The van der Waals surface area contributed by atoms with Crippen LogP contribution in [0.15, 0.2) is 24.3 Å². The number of carbonyl (C=O) groups excluding carboxylic acids is 1. The van der Waals surface area contributed by atoms with E-state index in [0.29, 0.717) is 24.7 Å². The van der Waals surface area contributed by atoms with Crippen molar-refractivity contribution >= 4 is 5.97 Å². The molecule has 0 bridgehead atoms. The molecule has 0 unspecified atom stereocenters. The molecule has 0 aliphatic heterocycles. The monoisotopic (exact) mass is 289 g/mol. The van der Waals surface area contributed by atoms with Crippen LogP contribution in [0.4, 0.5) is 4.39 Å². The Bertz CT molecular complexity index is 656. The Morgan fingerprint density at radius 3 is 3.14 bits per heavy atom. The smallest absolute Gasteiger partial charge is 0.309 e. The highest BCUT2D eigenvalue weighted by molar-refractivity contribution is 5.77. The third-order valence-corrected chi connectivity index (χ3v) is 3.52. The lowest BCUT2D eigenvalue weighted by Gasteiger charge is -1.98. The average molecular weight is 289 g/mol. The lowest BCUT2D eigenvalue weighted by molar-refractivity contribution is -0.144. The number of nitrogens with one attached hydrogen (secondary N) is 1. The normalized spacial score (nSPS) is 20.3. The van der Waals surface area contributed by atoms with Gasteiger partial charge in [0, 0.05) is 12.3 Å². The molecular formula is C15H16FN3O2. The van der Waals surface area contributed by atoms with Gasteiger partial charge in [-0.25, -0.2) is 9.37 Å². The molecule has 5 nitrogen and oxygen atoms in total. The fourth-order valence-electron chi connectivity index (χ4n) is 2.39. The third-order valence-electron chi connectivity index (χ3n) is 3.52. The first-order chi connectivity index (χ1) is 10.2. The Morgan fingerprint density at radius 2 is 2.38 bits per heavy atom. The van der Waals surface area contributed by atoms with Crippen LogP contribution in [0.3, 0.4) is 0 Å². The Hall–Kier alpha value is -2.24. The van der Waals surface area contributed by atoms with Crippen LogP contribution >= 0.6 is 0 Å². The molecule has 1 aromatic carbocycles. The number of halogens is 1. The highest BCUT2D eigenvalue weighted by Gasteiger charge is 2.47. The number of carbonyl (C=O) groups is 1. The summed E-state index contributed by atoms with van der Waals surface area (Å²) in [5.41, 5.74) is 0.829. The zero-order valence-electron chi connectivity index (χ0n) is 11.7. The number of aromatic amines is 1. The maximum absolute atomic E-state index is 13.1. The molecule has 0 radical (unpaired) electrons.